The zero-order chi connectivity index (χ0) is 14.9. The van der Waals surface area contributed by atoms with Crippen molar-refractivity contribution in [1.29, 1.82) is 0 Å². The number of nitrogens with zero attached hydrogens (tertiary/aromatic N) is 1. The van der Waals surface area contributed by atoms with Crippen LogP contribution in [-0.2, 0) is 11.2 Å². The van der Waals surface area contributed by atoms with E-state index in [0.29, 0.717) is 6.42 Å². The van der Waals surface area contributed by atoms with Crippen LogP contribution >= 0.6 is 22.6 Å². The average molecular weight is 388 g/mol. The highest BCUT2D eigenvalue weighted by Crippen LogP contribution is 2.28. The molecule has 0 aromatic heterocycles. The van der Waals surface area contributed by atoms with Gasteiger partial charge in [0.2, 0.25) is 5.91 Å². The highest BCUT2D eigenvalue weighted by atomic mass is 127. The van der Waals surface area contributed by atoms with Crippen LogP contribution in [-0.4, -0.2) is 36.8 Å². The summed E-state index contributed by atoms with van der Waals surface area (Å²) in [5, 5.41) is 12.4. The predicted molar refractivity (Wildman–Crippen MR) is 88.9 cm³/mol. The van der Waals surface area contributed by atoms with E-state index in [1.54, 1.807) is 0 Å². The van der Waals surface area contributed by atoms with Crippen molar-refractivity contribution in [3.63, 3.8) is 0 Å². The maximum atomic E-state index is 12.4. The Labute approximate surface area is 133 Å². The Kier molecular flexibility index (Phi) is 4.90. The third-order valence-electron chi connectivity index (χ3n) is 3.77. The van der Waals surface area contributed by atoms with Gasteiger partial charge in [-0.25, -0.2) is 0 Å². The Morgan fingerprint density at radius 3 is 2.80 bits per heavy atom. The number of benzene rings is 1. The van der Waals surface area contributed by atoms with Gasteiger partial charge < -0.3 is 15.3 Å². The molecule has 1 amide bonds. The zero-order valence-electron chi connectivity index (χ0n) is 12.1. The van der Waals surface area contributed by atoms with Gasteiger partial charge in [0, 0.05) is 16.3 Å². The summed E-state index contributed by atoms with van der Waals surface area (Å²) in [6, 6.07) is 5.82. The van der Waals surface area contributed by atoms with E-state index < -0.39 is 0 Å². The smallest absolute Gasteiger partial charge is 0.243 e. The first-order chi connectivity index (χ1) is 9.43. The number of anilines is 1. The van der Waals surface area contributed by atoms with Crippen molar-refractivity contribution in [1.82, 2.24) is 5.32 Å². The number of fused-ring (bicyclic) bond motifs is 1. The summed E-state index contributed by atoms with van der Waals surface area (Å²) in [6.07, 6.45) is 0.656. The molecular formula is C15H21IN2O2. The number of aliphatic hydroxyl groups is 1. The SMILES string of the molecule is CC(C)[C@H]1C(=O)N[C@H](CO)Cc2cc(I)ccc2N1C. The summed E-state index contributed by atoms with van der Waals surface area (Å²) >= 11 is 2.29. The molecule has 0 aliphatic carbocycles. The van der Waals surface area contributed by atoms with Gasteiger partial charge in [0.25, 0.3) is 0 Å². The lowest BCUT2D eigenvalue weighted by Crippen LogP contribution is -2.54. The van der Waals surface area contributed by atoms with Crippen molar-refractivity contribution in [2.45, 2.75) is 32.4 Å². The van der Waals surface area contributed by atoms with Gasteiger partial charge in [0.05, 0.1) is 12.6 Å². The molecule has 2 N–H and O–H groups in total. The molecule has 2 rings (SSSR count). The van der Waals surface area contributed by atoms with Crippen LogP contribution in [0.4, 0.5) is 5.69 Å². The van der Waals surface area contributed by atoms with Gasteiger partial charge >= 0.3 is 0 Å². The number of likely N-dealkylation sites (N-methyl/N-ethyl adjacent to an activating group) is 1. The second-order valence-electron chi connectivity index (χ2n) is 5.67. The molecule has 0 saturated heterocycles. The van der Waals surface area contributed by atoms with Gasteiger partial charge in [-0.15, -0.1) is 0 Å². The fourth-order valence-electron chi connectivity index (χ4n) is 2.85. The summed E-state index contributed by atoms with van der Waals surface area (Å²) in [5.74, 6) is 0.190. The Morgan fingerprint density at radius 1 is 1.50 bits per heavy atom. The third kappa shape index (κ3) is 3.09. The molecule has 1 aliphatic heterocycles. The summed E-state index contributed by atoms with van der Waals surface area (Å²) in [5.41, 5.74) is 2.25. The fraction of sp³-hybridized carbons (Fsp3) is 0.533. The number of aliphatic hydroxyl groups excluding tert-OH is 1. The van der Waals surface area contributed by atoms with E-state index >= 15 is 0 Å². The lowest BCUT2D eigenvalue weighted by atomic mass is 9.95. The number of rotatable bonds is 2. The largest absolute Gasteiger partial charge is 0.394 e. The van der Waals surface area contributed by atoms with Crippen LogP contribution in [0.25, 0.3) is 0 Å². The molecule has 1 aromatic rings. The first-order valence-electron chi connectivity index (χ1n) is 6.86. The number of halogens is 1. The average Bonchev–Trinajstić information content (AvgIpc) is 2.36. The quantitative estimate of drug-likeness (QED) is 0.760. The van der Waals surface area contributed by atoms with Crippen molar-refractivity contribution in [3.8, 4) is 0 Å². The van der Waals surface area contributed by atoms with E-state index in [9.17, 15) is 9.90 Å². The molecule has 0 radical (unpaired) electrons. The minimum Gasteiger partial charge on any atom is -0.394 e. The molecule has 0 fully saturated rings. The number of carbonyl (C=O) groups is 1. The Bertz CT molecular complexity index is 505. The predicted octanol–water partition coefficient (Wildman–Crippen LogP) is 1.79. The van der Waals surface area contributed by atoms with Gasteiger partial charge in [-0.1, -0.05) is 13.8 Å². The molecule has 4 nitrogen and oxygen atoms in total. The minimum absolute atomic E-state index is 0.00856. The van der Waals surface area contributed by atoms with E-state index in [2.05, 4.69) is 51.0 Å². The number of hydrogen-bond acceptors (Lipinski definition) is 3. The summed E-state index contributed by atoms with van der Waals surface area (Å²) in [7, 11) is 1.97. The van der Waals surface area contributed by atoms with Crippen LogP contribution in [0.3, 0.4) is 0 Å². The fourth-order valence-corrected chi connectivity index (χ4v) is 3.41. The van der Waals surface area contributed by atoms with Gasteiger partial charge in [0.15, 0.2) is 0 Å². The molecule has 110 valence electrons. The van der Waals surface area contributed by atoms with Crippen molar-refractivity contribution in [2.75, 3.05) is 18.6 Å². The maximum Gasteiger partial charge on any atom is 0.243 e. The highest BCUT2D eigenvalue weighted by molar-refractivity contribution is 14.1. The number of carbonyl (C=O) groups excluding carboxylic acids is 1. The van der Waals surface area contributed by atoms with Gasteiger partial charge in [-0.3, -0.25) is 4.79 Å². The third-order valence-corrected chi connectivity index (χ3v) is 4.44. The van der Waals surface area contributed by atoms with E-state index in [-0.39, 0.29) is 30.5 Å². The summed E-state index contributed by atoms with van der Waals surface area (Å²) in [4.78, 5) is 14.5. The van der Waals surface area contributed by atoms with Crippen molar-refractivity contribution >= 4 is 34.2 Å². The molecule has 1 aliphatic rings. The van der Waals surface area contributed by atoms with E-state index in [1.165, 1.54) is 9.13 Å². The van der Waals surface area contributed by atoms with E-state index in [0.717, 1.165) is 5.69 Å². The molecule has 0 spiro atoms. The number of amides is 1. The van der Waals surface area contributed by atoms with Crippen LogP contribution in [0.1, 0.15) is 19.4 Å². The van der Waals surface area contributed by atoms with Crippen molar-refractivity contribution in [3.05, 3.63) is 27.3 Å². The number of nitrogens with one attached hydrogen (secondary N) is 1. The van der Waals surface area contributed by atoms with Crippen molar-refractivity contribution < 1.29 is 9.90 Å². The van der Waals surface area contributed by atoms with Crippen LogP contribution < -0.4 is 10.2 Å². The monoisotopic (exact) mass is 388 g/mol. The molecule has 0 unspecified atom stereocenters. The van der Waals surface area contributed by atoms with Gasteiger partial charge in [-0.2, -0.15) is 0 Å². The van der Waals surface area contributed by atoms with E-state index in [1.807, 2.05) is 20.9 Å². The first-order valence-corrected chi connectivity index (χ1v) is 7.94. The molecule has 5 heteroatoms. The van der Waals surface area contributed by atoms with Crippen LogP contribution in [0.2, 0.25) is 0 Å². The van der Waals surface area contributed by atoms with Gasteiger partial charge in [-0.05, 0) is 58.7 Å². The molecule has 2 atom stereocenters. The highest BCUT2D eigenvalue weighted by Gasteiger charge is 2.32. The van der Waals surface area contributed by atoms with Crippen molar-refractivity contribution in [2.24, 2.45) is 5.92 Å². The number of hydrogen-bond donors (Lipinski definition) is 2. The second-order valence-corrected chi connectivity index (χ2v) is 6.91. The normalized spacial score (nSPS) is 23.1. The first kappa shape index (κ1) is 15.6. The van der Waals surface area contributed by atoms with Gasteiger partial charge in [0.1, 0.15) is 6.04 Å². The molecular weight excluding hydrogens is 367 g/mol. The standard InChI is InChI=1S/C15H21IN2O2/c1-9(2)14-15(20)17-12(8-19)7-10-6-11(16)4-5-13(10)18(14)3/h4-6,9,12,14,19H,7-8H2,1-3H3,(H,17,20)/t12-,14-/m0/s1. The summed E-state index contributed by atoms with van der Waals surface area (Å²) < 4.78 is 1.17. The zero-order valence-corrected chi connectivity index (χ0v) is 14.2. The Hall–Kier alpha value is -0.820. The molecule has 1 aromatic carbocycles. The lowest BCUT2D eigenvalue weighted by molar-refractivity contribution is -0.124. The molecule has 0 bridgehead atoms. The van der Waals surface area contributed by atoms with Crippen LogP contribution in [0, 0.1) is 9.49 Å². The molecule has 1 heterocycles. The lowest BCUT2D eigenvalue weighted by Gasteiger charge is -2.37. The van der Waals surface area contributed by atoms with Crippen LogP contribution in [0.15, 0.2) is 18.2 Å². The maximum absolute atomic E-state index is 12.4. The Balaban J connectivity index is 2.49. The Morgan fingerprint density at radius 2 is 2.20 bits per heavy atom. The minimum atomic E-state index is -0.219. The molecule has 20 heavy (non-hydrogen) atoms. The summed E-state index contributed by atoms with van der Waals surface area (Å²) in [6.45, 7) is 4.05. The van der Waals surface area contributed by atoms with E-state index in [4.69, 9.17) is 0 Å². The molecule has 0 saturated carbocycles. The van der Waals surface area contributed by atoms with Crippen LogP contribution in [0.5, 0.6) is 0 Å². The topological polar surface area (TPSA) is 52.6 Å². The second kappa shape index (κ2) is 6.30.